The van der Waals surface area contributed by atoms with Crippen molar-refractivity contribution in [3.05, 3.63) is 54.3 Å². The minimum Gasteiger partial charge on any atom is -0.459 e. The molecule has 0 aliphatic carbocycles. The number of hydrogen-bond acceptors (Lipinski definition) is 6. The summed E-state index contributed by atoms with van der Waals surface area (Å²) in [5.74, 6) is 1.80. The van der Waals surface area contributed by atoms with Crippen LogP contribution < -0.4 is 4.90 Å². The van der Waals surface area contributed by atoms with Crippen molar-refractivity contribution in [1.82, 2.24) is 10.2 Å². The van der Waals surface area contributed by atoms with Crippen molar-refractivity contribution in [3.63, 3.8) is 0 Å². The fourth-order valence-electron chi connectivity index (χ4n) is 2.94. The third-order valence-corrected chi connectivity index (χ3v) is 5.10. The largest absolute Gasteiger partial charge is 0.459 e. The van der Waals surface area contributed by atoms with E-state index in [2.05, 4.69) is 40.5 Å². The van der Waals surface area contributed by atoms with E-state index in [1.54, 1.807) is 23.3 Å². The van der Waals surface area contributed by atoms with Gasteiger partial charge in [-0.3, -0.25) is 0 Å². The number of quaternary nitrogens is 1. The quantitative estimate of drug-likeness (QED) is 0.679. The maximum absolute atomic E-state index is 5.90. The average Bonchev–Trinajstić information content (AvgIpc) is 3.33. The molecular formula is C18H20N3O3S+. The van der Waals surface area contributed by atoms with Gasteiger partial charge in [0.15, 0.2) is 5.76 Å². The summed E-state index contributed by atoms with van der Waals surface area (Å²) in [5.41, 5.74) is 1.37. The monoisotopic (exact) mass is 358 g/mol. The number of furan rings is 1. The summed E-state index contributed by atoms with van der Waals surface area (Å²) in [6.07, 6.45) is 1.78. The second-order valence-electron chi connectivity index (χ2n) is 6.02. The van der Waals surface area contributed by atoms with Crippen molar-refractivity contribution in [1.29, 1.82) is 0 Å². The molecule has 0 amide bonds. The van der Waals surface area contributed by atoms with Crippen LogP contribution >= 0.6 is 11.8 Å². The summed E-state index contributed by atoms with van der Waals surface area (Å²) in [7, 11) is 0. The molecule has 1 saturated heterocycles. The molecule has 7 heteroatoms. The summed E-state index contributed by atoms with van der Waals surface area (Å²) in [6.45, 7) is 3.85. The van der Waals surface area contributed by atoms with E-state index in [-0.39, 0.29) is 6.10 Å². The van der Waals surface area contributed by atoms with Crippen molar-refractivity contribution in [2.75, 3.05) is 25.4 Å². The highest BCUT2D eigenvalue weighted by Crippen LogP contribution is 2.24. The lowest BCUT2D eigenvalue weighted by Crippen LogP contribution is -3.13. The molecule has 2 aromatic heterocycles. The van der Waals surface area contributed by atoms with Crippen molar-refractivity contribution < 1.29 is 18.5 Å². The van der Waals surface area contributed by atoms with Crippen LogP contribution in [-0.2, 0) is 11.3 Å². The Morgan fingerprint density at radius 1 is 1.12 bits per heavy atom. The molecule has 3 heterocycles. The normalized spacial score (nSPS) is 20.6. The van der Waals surface area contributed by atoms with Gasteiger partial charge in [0.2, 0.25) is 0 Å². The molecule has 0 radical (unpaired) electrons. The minimum atomic E-state index is 0.191. The van der Waals surface area contributed by atoms with E-state index in [0.717, 1.165) is 32.0 Å². The molecule has 0 bridgehead atoms. The number of nitrogens with zero attached hydrogens (tertiary/aromatic N) is 2. The van der Waals surface area contributed by atoms with Crippen LogP contribution in [0.3, 0.4) is 0 Å². The fraction of sp³-hybridized carbons (Fsp3) is 0.333. The number of morpholine rings is 1. The first-order chi connectivity index (χ1) is 12.4. The Morgan fingerprint density at radius 2 is 2.04 bits per heavy atom. The highest BCUT2D eigenvalue weighted by Gasteiger charge is 2.25. The Hall–Kier alpha value is -2.09. The van der Waals surface area contributed by atoms with Gasteiger partial charge in [-0.05, 0) is 12.1 Å². The Labute approximate surface area is 150 Å². The topological polar surface area (TPSA) is 65.7 Å². The van der Waals surface area contributed by atoms with Crippen molar-refractivity contribution in [2.24, 2.45) is 0 Å². The predicted molar refractivity (Wildman–Crippen MR) is 93.3 cm³/mol. The zero-order chi connectivity index (χ0) is 16.9. The van der Waals surface area contributed by atoms with Crippen LogP contribution in [0.25, 0.3) is 11.7 Å². The lowest BCUT2D eigenvalue weighted by molar-refractivity contribution is -0.924. The zero-order valence-electron chi connectivity index (χ0n) is 13.8. The molecule has 0 saturated carbocycles. The van der Waals surface area contributed by atoms with Gasteiger partial charge in [0, 0.05) is 11.3 Å². The molecular weight excluding hydrogens is 338 g/mol. The molecule has 1 N–H and O–H groups in total. The van der Waals surface area contributed by atoms with Crippen molar-refractivity contribution in [2.45, 2.75) is 17.9 Å². The number of benzene rings is 1. The Balaban J connectivity index is 1.29. The second kappa shape index (κ2) is 7.86. The van der Waals surface area contributed by atoms with Gasteiger partial charge in [-0.25, -0.2) is 0 Å². The highest BCUT2D eigenvalue weighted by molar-refractivity contribution is 7.99. The molecule has 1 aromatic carbocycles. The van der Waals surface area contributed by atoms with Crippen LogP contribution in [0.4, 0.5) is 0 Å². The maximum atomic E-state index is 5.90. The van der Waals surface area contributed by atoms with Gasteiger partial charge in [-0.2, -0.15) is 0 Å². The number of ether oxygens (including phenoxy) is 1. The van der Waals surface area contributed by atoms with Crippen LogP contribution in [0.5, 0.6) is 0 Å². The summed E-state index contributed by atoms with van der Waals surface area (Å²) >= 11 is 1.53. The number of hydrogen-bond donors (Lipinski definition) is 1. The van der Waals surface area contributed by atoms with E-state index >= 15 is 0 Å². The minimum absolute atomic E-state index is 0.191. The van der Waals surface area contributed by atoms with Gasteiger partial charge in [-0.1, -0.05) is 42.1 Å². The van der Waals surface area contributed by atoms with E-state index in [4.69, 9.17) is 13.6 Å². The SMILES string of the molecule is c1ccc(C[NH+]2CCO[C@@H](CSc3nnc(-c4ccco4)o3)C2)cc1. The fourth-order valence-corrected chi connectivity index (χ4v) is 3.72. The second-order valence-corrected chi connectivity index (χ2v) is 6.99. The molecule has 1 fully saturated rings. The number of thioether (sulfide) groups is 1. The first-order valence-electron chi connectivity index (χ1n) is 8.36. The molecule has 25 heavy (non-hydrogen) atoms. The Bertz CT molecular complexity index is 776. The van der Waals surface area contributed by atoms with E-state index in [1.807, 2.05) is 0 Å². The Morgan fingerprint density at radius 3 is 2.88 bits per heavy atom. The van der Waals surface area contributed by atoms with Gasteiger partial charge < -0.3 is 18.5 Å². The van der Waals surface area contributed by atoms with E-state index in [0.29, 0.717) is 16.9 Å². The van der Waals surface area contributed by atoms with Crippen LogP contribution in [-0.4, -0.2) is 41.8 Å². The summed E-state index contributed by atoms with van der Waals surface area (Å²) in [4.78, 5) is 1.55. The smallest absolute Gasteiger partial charge is 0.284 e. The molecule has 1 aliphatic rings. The van der Waals surface area contributed by atoms with Crippen LogP contribution in [0, 0.1) is 0 Å². The van der Waals surface area contributed by atoms with Crippen LogP contribution in [0.2, 0.25) is 0 Å². The molecule has 130 valence electrons. The highest BCUT2D eigenvalue weighted by atomic mass is 32.2. The van der Waals surface area contributed by atoms with Gasteiger partial charge in [0.05, 0.1) is 12.9 Å². The molecule has 1 unspecified atom stereocenters. The lowest BCUT2D eigenvalue weighted by Gasteiger charge is -2.29. The van der Waals surface area contributed by atoms with Gasteiger partial charge in [0.1, 0.15) is 25.7 Å². The summed E-state index contributed by atoms with van der Waals surface area (Å²) in [5, 5.41) is 8.63. The standard InChI is InChI=1S/C18H19N3O3S/c1-2-5-14(6-3-1)11-21-8-10-22-15(12-21)13-25-18-20-19-17(24-18)16-7-4-9-23-16/h1-7,9,15H,8,10-13H2/p+1/t15-/m1/s1. The lowest BCUT2D eigenvalue weighted by atomic mass is 10.2. The number of rotatable bonds is 6. The first-order valence-corrected chi connectivity index (χ1v) is 9.34. The zero-order valence-corrected chi connectivity index (χ0v) is 14.6. The maximum Gasteiger partial charge on any atom is 0.284 e. The van der Waals surface area contributed by atoms with Gasteiger partial charge >= 0.3 is 0 Å². The third kappa shape index (κ3) is 4.31. The van der Waals surface area contributed by atoms with E-state index < -0.39 is 0 Å². The van der Waals surface area contributed by atoms with E-state index in [1.165, 1.54) is 17.3 Å². The molecule has 3 aromatic rings. The third-order valence-electron chi connectivity index (χ3n) is 4.15. The predicted octanol–water partition coefficient (Wildman–Crippen LogP) is 1.91. The number of nitrogens with one attached hydrogen (secondary N) is 1. The first kappa shape index (κ1) is 16.4. The van der Waals surface area contributed by atoms with Gasteiger partial charge in [0.25, 0.3) is 11.1 Å². The molecule has 4 rings (SSSR count). The molecule has 1 aliphatic heterocycles. The average molecular weight is 358 g/mol. The van der Waals surface area contributed by atoms with Crippen molar-refractivity contribution >= 4 is 11.8 Å². The molecule has 2 atom stereocenters. The van der Waals surface area contributed by atoms with Crippen LogP contribution in [0.1, 0.15) is 5.56 Å². The number of aromatic nitrogens is 2. The van der Waals surface area contributed by atoms with Crippen molar-refractivity contribution in [3.8, 4) is 11.7 Å². The summed E-state index contributed by atoms with van der Waals surface area (Å²) < 4.78 is 16.8. The molecule has 6 nitrogen and oxygen atoms in total. The van der Waals surface area contributed by atoms with E-state index in [9.17, 15) is 0 Å². The molecule has 0 spiro atoms. The Kier molecular flexibility index (Phi) is 5.15. The summed E-state index contributed by atoms with van der Waals surface area (Å²) in [6, 6.07) is 14.2. The van der Waals surface area contributed by atoms with Crippen LogP contribution in [0.15, 0.2) is 62.8 Å². The van der Waals surface area contributed by atoms with Gasteiger partial charge in [-0.15, -0.1) is 10.2 Å².